The van der Waals surface area contributed by atoms with Crippen LogP contribution in [0.2, 0.25) is 0 Å². The number of aliphatic hydroxyl groups is 1. The molecule has 0 bridgehead atoms. The molecule has 5 nitrogen and oxygen atoms in total. The van der Waals surface area contributed by atoms with Crippen molar-refractivity contribution in [3.8, 4) is 17.1 Å². The van der Waals surface area contributed by atoms with Gasteiger partial charge in [0.15, 0.2) is 5.82 Å². The number of methoxy groups -OCH3 is 1. The van der Waals surface area contributed by atoms with Crippen LogP contribution in [0.4, 0.5) is 14.6 Å². The van der Waals surface area contributed by atoms with Gasteiger partial charge in [0.05, 0.1) is 7.11 Å². The van der Waals surface area contributed by atoms with E-state index in [0.717, 1.165) is 11.3 Å². The molecule has 0 amide bonds. The largest absolute Gasteiger partial charge is 0.497 e. The van der Waals surface area contributed by atoms with Gasteiger partial charge in [-0.3, -0.25) is 0 Å². The summed E-state index contributed by atoms with van der Waals surface area (Å²) in [5.74, 6) is 1.98. The lowest BCUT2D eigenvalue weighted by Crippen LogP contribution is -2.49. The lowest BCUT2D eigenvalue weighted by atomic mass is 9.92. The van der Waals surface area contributed by atoms with Crippen LogP contribution in [0.15, 0.2) is 36.5 Å². The zero-order chi connectivity index (χ0) is 17.2. The van der Waals surface area contributed by atoms with E-state index in [2.05, 4.69) is 9.97 Å². The molecule has 7 heteroatoms. The summed E-state index contributed by atoms with van der Waals surface area (Å²) in [5, 5.41) is 9.87. The molecule has 1 aliphatic rings. The van der Waals surface area contributed by atoms with Gasteiger partial charge in [0.2, 0.25) is 0 Å². The summed E-state index contributed by atoms with van der Waals surface area (Å²) in [6.45, 7) is 0.666. The fraction of sp³-hybridized carbons (Fsp3) is 0.412. The molecule has 1 aromatic heterocycles. The van der Waals surface area contributed by atoms with Gasteiger partial charge in [-0.15, -0.1) is 0 Å². The molecular weight excluding hydrogens is 316 g/mol. The van der Waals surface area contributed by atoms with E-state index in [1.165, 1.54) is 0 Å². The average Bonchev–Trinajstić information content (AvgIpc) is 2.62. The number of piperidine rings is 1. The van der Waals surface area contributed by atoms with E-state index < -0.39 is 12.0 Å². The highest BCUT2D eigenvalue weighted by Gasteiger charge is 2.40. The number of halogens is 2. The summed E-state index contributed by atoms with van der Waals surface area (Å²) in [4.78, 5) is 10.7. The first kappa shape index (κ1) is 16.6. The Bertz CT molecular complexity index is 686. The topological polar surface area (TPSA) is 58.5 Å². The first-order valence-corrected chi connectivity index (χ1v) is 7.75. The molecule has 24 heavy (non-hydrogen) atoms. The number of hydrogen-bond donors (Lipinski definition) is 1. The molecule has 128 valence electrons. The second-order valence-electron chi connectivity index (χ2n) is 5.86. The third-order valence-corrected chi connectivity index (χ3v) is 4.35. The molecule has 1 saturated heterocycles. The van der Waals surface area contributed by atoms with Gasteiger partial charge < -0.3 is 14.7 Å². The Morgan fingerprint density at radius 2 is 1.83 bits per heavy atom. The van der Waals surface area contributed by atoms with Gasteiger partial charge >= 0.3 is 0 Å². The monoisotopic (exact) mass is 335 g/mol. The Kier molecular flexibility index (Phi) is 4.62. The van der Waals surface area contributed by atoms with Crippen molar-refractivity contribution >= 4 is 5.82 Å². The number of benzene rings is 1. The molecular formula is C17H19F2N3O2. The highest BCUT2D eigenvalue weighted by molar-refractivity contribution is 5.58. The van der Waals surface area contributed by atoms with Crippen LogP contribution in [-0.2, 0) is 0 Å². The van der Waals surface area contributed by atoms with Crippen molar-refractivity contribution in [2.45, 2.75) is 24.9 Å². The second-order valence-corrected chi connectivity index (χ2v) is 5.86. The van der Waals surface area contributed by atoms with Crippen LogP contribution in [-0.4, -0.2) is 47.3 Å². The molecule has 1 N–H and O–H groups in total. The summed E-state index contributed by atoms with van der Waals surface area (Å²) >= 11 is 0. The molecule has 1 aliphatic heterocycles. The summed E-state index contributed by atoms with van der Waals surface area (Å²) < 4.78 is 30.9. The van der Waals surface area contributed by atoms with Crippen molar-refractivity contribution in [3.63, 3.8) is 0 Å². The van der Waals surface area contributed by atoms with E-state index in [-0.39, 0.29) is 12.8 Å². The van der Waals surface area contributed by atoms with Crippen molar-refractivity contribution in [3.05, 3.63) is 36.5 Å². The van der Waals surface area contributed by atoms with Crippen LogP contribution in [0.3, 0.4) is 0 Å². The van der Waals surface area contributed by atoms with Crippen molar-refractivity contribution in [2.24, 2.45) is 0 Å². The Morgan fingerprint density at radius 1 is 1.17 bits per heavy atom. The van der Waals surface area contributed by atoms with Gasteiger partial charge in [-0.05, 0) is 43.2 Å². The van der Waals surface area contributed by atoms with E-state index in [9.17, 15) is 13.9 Å². The van der Waals surface area contributed by atoms with E-state index >= 15 is 0 Å². The van der Waals surface area contributed by atoms with E-state index in [4.69, 9.17) is 4.74 Å². The Balaban J connectivity index is 1.76. The molecule has 1 fully saturated rings. The predicted octanol–water partition coefficient (Wildman–Crippen LogP) is 2.75. The molecule has 3 rings (SSSR count). The number of alkyl halides is 2. The highest BCUT2D eigenvalue weighted by atomic mass is 19.3. The van der Waals surface area contributed by atoms with Gasteiger partial charge in [-0.25, -0.2) is 18.7 Å². The quantitative estimate of drug-likeness (QED) is 0.931. The fourth-order valence-corrected chi connectivity index (χ4v) is 2.75. The van der Waals surface area contributed by atoms with Gasteiger partial charge in [0.25, 0.3) is 6.43 Å². The second kappa shape index (κ2) is 6.68. The van der Waals surface area contributed by atoms with Crippen LogP contribution in [0.25, 0.3) is 11.4 Å². The van der Waals surface area contributed by atoms with Crippen LogP contribution in [0.5, 0.6) is 5.75 Å². The average molecular weight is 335 g/mol. The molecule has 2 heterocycles. The van der Waals surface area contributed by atoms with Crippen molar-refractivity contribution in [1.29, 1.82) is 0 Å². The van der Waals surface area contributed by atoms with E-state index in [0.29, 0.717) is 24.7 Å². The molecule has 1 aromatic carbocycles. The van der Waals surface area contributed by atoms with Gasteiger partial charge in [0.1, 0.15) is 17.2 Å². The number of aromatic nitrogens is 2. The van der Waals surface area contributed by atoms with Crippen molar-refractivity contribution < 1.29 is 18.6 Å². The van der Waals surface area contributed by atoms with Gasteiger partial charge in [-0.1, -0.05) is 0 Å². The molecule has 0 saturated carbocycles. The standard InChI is InChI=1S/C17H19F2N3O2/c1-24-13-4-2-12(3-5-13)15-20-9-6-14(21-15)22-10-7-17(23,8-11-22)16(18)19/h2-6,9,16,23H,7-8,10-11H2,1H3. The number of ether oxygens (including phenoxy) is 1. The van der Waals surface area contributed by atoms with E-state index in [1.807, 2.05) is 29.2 Å². The molecule has 0 aliphatic carbocycles. The molecule has 0 radical (unpaired) electrons. The molecule has 0 spiro atoms. The predicted molar refractivity (Wildman–Crippen MR) is 86.4 cm³/mol. The number of nitrogens with zero attached hydrogens (tertiary/aromatic N) is 3. The maximum absolute atomic E-state index is 12.9. The van der Waals surface area contributed by atoms with Crippen molar-refractivity contribution in [2.75, 3.05) is 25.1 Å². The zero-order valence-electron chi connectivity index (χ0n) is 13.3. The number of hydrogen-bond acceptors (Lipinski definition) is 5. The Labute approximate surface area is 138 Å². The summed E-state index contributed by atoms with van der Waals surface area (Å²) in [5.41, 5.74) is -1.04. The van der Waals surface area contributed by atoms with E-state index in [1.54, 1.807) is 19.4 Å². The van der Waals surface area contributed by atoms with Crippen LogP contribution >= 0.6 is 0 Å². The van der Waals surface area contributed by atoms with Crippen LogP contribution in [0.1, 0.15) is 12.8 Å². The van der Waals surface area contributed by atoms with Crippen LogP contribution < -0.4 is 9.64 Å². The minimum Gasteiger partial charge on any atom is -0.497 e. The van der Waals surface area contributed by atoms with Gasteiger partial charge in [0, 0.05) is 24.8 Å². The van der Waals surface area contributed by atoms with Gasteiger partial charge in [-0.2, -0.15) is 0 Å². The lowest BCUT2D eigenvalue weighted by Gasteiger charge is -2.38. The number of rotatable bonds is 4. The smallest absolute Gasteiger partial charge is 0.266 e. The first-order chi connectivity index (χ1) is 11.5. The minimum atomic E-state index is -2.72. The summed E-state index contributed by atoms with van der Waals surface area (Å²) in [6.07, 6.45) is -1.03. The highest BCUT2D eigenvalue weighted by Crippen LogP contribution is 2.30. The summed E-state index contributed by atoms with van der Waals surface area (Å²) in [7, 11) is 1.60. The SMILES string of the molecule is COc1ccc(-c2nccc(N3CCC(O)(C(F)F)CC3)n2)cc1. The molecule has 0 atom stereocenters. The minimum absolute atomic E-state index is 0.0204. The number of anilines is 1. The Morgan fingerprint density at radius 3 is 2.42 bits per heavy atom. The zero-order valence-corrected chi connectivity index (χ0v) is 13.3. The van der Waals surface area contributed by atoms with Crippen molar-refractivity contribution in [1.82, 2.24) is 9.97 Å². The Hall–Kier alpha value is -2.28. The third-order valence-electron chi connectivity index (χ3n) is 4.35. The normalized spacial score (nSPS) is 17.1. The maximum Gasteiger partial charge on any atom is 0.266 e. The fourth-order valence-electron chi connectivity index (χ4n) is 2.75. The summed E-state index contributed by atoms with van der Waals surface area (Å²) in [6, 6.07) is 9.14. The molecule has 0 unspecified atom stereocenters. The lowest BCUT2D eigenvalue weighted by molar-refractivity contribution is -0.109. The molecule has 2 aromatic rings. The maximum atomic E-state index is 12.9. The van der Waals surface area contributed by atoms with Crippen LogP contribution in [0, 0.1) is 0 Å². The third kappa shape index (κ3) is 3.31. The first-order valence-electron chi connectivity index (χ1n) is 7.75.